The molecule has 0 fully saturated rings. The zero-order valence-corrected chi connectivity index (χ0v) is 12.7. The molecular formula is C19H20O2. The van der Waals surface area contributed by atoms with Gasteiger partial charge >= 0.3 is 0 Å². The van der Waals surface area contributed by atoms with Gasteiger partial charge < -0.3 is 9.84 Å². The summed E-state index contributed by atoms with van der Waals surface area (Å²) in [5.74, 6) is 6.36. The van der Waals surface area contributed by atoms with Crippen LogP contribution in [0.5, 0.6) is 5.75 Å². The lowest BCUT2D eigenvalue weighted by atomic mass is 10.1. The molecular weight excluding hydrogens is 260 g/mol. The van der Waals surface area contributed by atoms with Crippen LogP contribution in [0.25, 0.3) is 0 Å². The number of aliphatic hydroxyl groups excluding tert-OH is 1. The maximum absolute atomic E-state index is 8.84. The average Bonchev–Trinajstić information content (AvgIpc) is 2.43. The largest absolute Gasteiger partial charge is 0.488 e. The van der Waals surface area contributed by atoms with Crippen molar-refractivity contribution in [3.05, 3.63) is 64.2 Å². The Balaban J connectivity index is 2.19. The van der Waals surface area contributed by atoms with E-state index in [1.54, 1.807) is 0 Å². The van der Waals surface area contributed by atoms with E-state index in [9.17, 15) is 0 Å². The first kappa shape index (κ1) is 15.2. The van der Waals surface area contributed by atoms with Crippen molar-refractivity contribution in [1.82, 2.24) is 0 Å². The second kappa shape index (κ2) is 6.97. The van der Waals surface area contributed by atoms with Gasteiger partial charge in [-0.3, -0.25) is 0 Å². The van der Waals surface area contributed by atoms with Crippen LogP contribution in [0.1, 0.15) is 27.8 Å². The van der Waals surface area contributed by atoms with Gasteiger partial charge in [0.1, 0.15) is 19.0 Å². The number of ether oxygens (including phenoxy) is 1. The van der Waals surface area contributed by atoms with E-state index < -0.39 is 0 Å². The first-order valence-corrected chi connectivity index (χ1v) is 6.99. The summed E-state index contributed by atoms with van der Waals surface area (Å²) in [6.45, 7) is 6.54. The van der Waals surface area contributed by atoms with Gasteiger partial charge in [-0.15, -0.1) is 0 Å². The van der Waals surface area contributed by atoms with Gasteiger partial charge in [0, 0.05) is 0 Å². The lowest BCUT2D eigenvalue weighted by Gasteiger charge is -2.10. The fourth-order valence-electron chi connectivity index (χ4n) is 2.32. The number of hydrogen-bond donors (Lipinski definition) is 1. The lowest BCUT2D eigenvalue weighted by Crippen LogP contribution is -1.98. The van der Waals surface area contributed by atoms with Crippen LogP contribution >= 0.6 is 0 Å². The number of aryl methyl sites for hydroxylation is 3. The highest BCUT2D eigenvalue weighted by Crippen LogP contribution is 2.21. The Labute approximate surface area is 126 Å². The molecule has 0 amide bonds. The molecule has 2 nitrogen and oxygen atoms in total. The zero-order chi connectivity index (χ0) is 15.2. The standard InChI is InChI=1S/C19H20O2/c1-14-6-7-19(18(12-14)5-4-8-20)21-13-17-10-15(2)9-16(3)11-17/h6-7,9-12,20H,8,13H2,1-3H3. The molecule has 1 N–H and O–H groups in total. The van der Waals surface area contributed by atoms with E-state index in [2.05, 4.69) is 43.9 Å². The summed E-state index contributed by atoms with van der Waals surface area (Å²) >= 11 is 0. The first-order chi connectivity index (χ1) is 10.1. The van der Waals surface area contributed by atoms with Crippen LogP contribution in [0.2, 0.25) is 0 Å². The number of benzene rings is 2. The minimum Gasteiger partial charge on any atom is -0.488 e. The van der Waals surface area contributed by atoms with Crippen molar-refractivity contribution >= 4 is 0 Å². The molecule has 0 aromatic heterocycles. The van der Waals surface area contributed by atoms with Gasteiger partial charge in [0.25, 0.3) is 0 Å². The number of rotatable bonds is 3. The molecule has 0 spiro atoms. The summed E-state index contributed by atoms with van der Waals surface area (Å²) in [7, 11) is 0. The Morgan fingerprint density at radius 1 is 0.952 bits per heavy atom. The zero-order valence-electron chi connectivity index (χ0n) is 12.7. The Hall–Kier alpha value is -2.24. The normalized spacial score (nSPS) is 9.90. The smallest absolute Gasteiger partial charge is 0.135 e. The molecule has 2 heteroatoms. The monoisotopic (exact) mass is 280 g/mol. The first-order valence-electron chi connectivity index (χ1n) is 6.99. The Bertz CT molecular complexity index is 670. The summed E-state index contributed by atoms with van der Waals surface area (Å²) < 4.78 is 5.90. The molecule has 0 heterocycles. The summed E-state index contributed by atoms with van der Waals surface area (Å²) in [5, 5.41) is 8.84. The molecule has 0 saturated heterocycles. The van der Waals surface area contributed by atoms with Crippen molar-refractivity contribution in [3.63, 3.8) is 0 Å². The predicted molar refractivity (Wildman–Crippen MR) is 85.4 cm³/mol. The second-order valence-electron chi connectivity index (χ2n) is 5.24. The van der Waals surface area contributed by atoms with E-state index in [0.717, 1.165) is 22.4 Å². The van der Waals surface area contributed by atoms with Crippen molar-refractivity contribution < 1.29 is 9.84 Å². The maximum Gasteiger partial charge on any atom is 0.135 e. The van der Waals surface area contributed by atoms with Crippen LogP contribution in [0.4, 0.5) is 0 Å². The number of hydrogen-bond acceptors (Lipinski definition) is 2. The van der Waals surface area contributed by atoms with Gasteiger partial charge in [0.15, 0.2) is 0 Å². The second-order valence-corrected chi connectivity index (χ2v) is 5.24. The summed E-state index contributed by atoms with van der Waals surface area (Å²) in [5.41, 5.74) is 5.55. The maximum atomic E-state index is 8.84. The molecule has 2 aromatic carbocycles. The number of aliphatic hydroxyl groups is 1. The minimum absolute atomic E-state index is 0.148. The summed E-state index contributed by atoms with van der Waals surface area (Å²) in [6, 6.07) is 12.3. The highest BCUT2D eigenvalue weighted by atomic mass is 16.5. The van der Waals surface area contributed by atoms with Crippen LogP contribution in [0.3, 0.4) is 0 Å². The van der Waals surface area contributed by atoms with Crippen molar-refractivity contribution in [3.8, 4) is 17.6 Å². The Kier molecular flexibility index (Phi) is 5.03. The van der Waals surface area contributed by atoms with E-state index in [4.69, 9.17) is 9.84 Å². The van der Waals surface area contributed by atoms with Crippen LogP contribution < -0.4 is 4.74 Å². The summed E-state index contributed by atoms with van der Waals surface area (Å²) in [4.78, 5) is 0. The van der Waals surface area contributed by atoms with Crippen molar-refractivity contribution in [2.45, 2.75) is 27.4 Å². The molecule has 0 atom stereocenters. The van der Waals surface area contributed by atoms with Crippen LogP contribution in [0.15, 0.2) is 36.4 Å². The molecule has 2 aromatic rings. The molecule has 0 aliphatic heterocycles. The van der Waals surface area contributed by atoms with E-state index in [1.807, 2.05) is 25.1 Å². The molecule has 0 unspecified atom stereocenters. The highest BCUT2D eigenvalue weighted by Gasteiger charge is 2.03. The molecule has 0 radical (unpaired) electrons. The lowest BCUT2D eigenvalue weighted by molar-refractivity contribution is 0.305. The quantitative estimate of drug-likeness (QED) is 0.871. The molecule has 108 valence electrons. The molecule has 0 saturated carbocycles. The van der Waals surface area contributed by atoms with Crippen LogP contribution in [0, 0.1) is 32.6 Å². The third-order valence-corrected chi connectivity index (χ3v) is 3.11. The fourth-order valence-corrected chi connectivity index (χ4v) is 2.32. The molecule has 0 aliphatic rings. The topological polar surface area (TPSA) is 29.5 Å². The van der Waals surface area contributed by atoms with Gasteiger partial charge in [0.2, 0.25) is 0 Å². The molecule has 0 bridgehead atoms. The molecule has 2 rings (SSSR count). The third-order valence-electron chi connectivity index (χ3n) is 3.11. The van der Waals surface area contributed by atoms with Crippen LogP contribution in [-0.4, -0.2) is 11.7 Å². The van der Waals surface area contributed by atoms with E-state index in [-0.39, 0.29) is 6.61 Å². The predicted octanol–water partition coefficient (Wildman–Crippen LogP) is 3.53. The third kappa shape index (κ3) is 4.37. The Morgan fingerprint density at radius 3 is 2.33 bits per heavy atom. The Morgan fingerprint density at radius 2 is 1.67 bits per heavy atom. The van der Waals surface area contributed by atoms with Gasteiger partial charge in [-0.1, -0.05) is 47.2 Å². The van der Waals surface area contributed by atoms with E-state index in [1.165, 1.54) is 11.1 Å². The van der Waals surface area contributed by atoms with Gasteiger partial charge in [0.05, 0.1) is 5.56 Å². The molecule has 0 aliphatic carbocycles. The molecule has 21 heavy (non-hydrogen) atoms. The van der Waals surface area contributed by atoms with Crippen molar-refractivity contribution in [2.75, 3.05) is 6.61 Å². The van der Waals surface area contributed by atoms with Gasteiger partial charge in [-0.25, -0.2) is 0 Å². The average molecular weight is 280 g/mol. The van der Waals surface area contributed by atoms with Crippen molar-refractivity contribution in [1.29, 1.82) is 0 Å². The fraction of sp³-hybridized carbons (Fsp3) is 0.263. The summed E-state index contributed by atoms with van der Waals surface area (Å²) in [6.07, 6.45) is 0. The van der Waals surface area contributed by atoms with Crippen LogP contribution in [-0.2, 0) is 6.61 Å². The van der Waals surface area contributed by atoms with E-state index >= 15 is 0 Å². The van der Waals surface area contributed by atoms with Gasteiger partial charge in [-0.05, 0) is 44.0 Å². The van der Waals surface area contributed by atoms with E-state index in [0.29, 0.717) is 6.61 Å². The van der Waals surface area contributed by atoms with Crippen molar-refractivity contribution in [2.24, 2.45) is 0 Å². The SMILES string of the molecule is Cc1cc(C)cc(COc2ccc(C)cc2C#CCO)c1. The minimum atomic E-state index is -0.148. The highest BCUT2D eigenvalue weighted by molar-refractivity contribution is 5.48. The van der Waals surface area contributed by atoms with Gasteiger partial charge in [-0.2, -0.15) is 0 Å².